The largest absolute Gasteiger partial charge is 0.292 e. The number of anilines is 1. The summed E-state index contributed by atoms with van der Waals surface area (Å²) in [6, 6.07) is 18.7. The molecule has 1 aromatic heterocycles. The van der Waals surface area contributed by atoms with Crippen LogP contribution >= 0.6 is 11.6 Å². The standard InChI is InChI=1S/C17H13ClN4O/c18-16-15(21-19-11-13-7-3-1-4-8-13)12-20-22(17(16)23)14-9-5-2-6-10-14/h1-12,21H. The molecule has 0 spiro atoms. The second kappa shape index (κ2) is 6.89. The van der Waals surface area contributed by atoms with E-state index in [1.54, 1.807) is 18.3 Å². The molecule has 0 aliphatic carbocycles. The zero-order valence-corrected chi connectivity index (χ0v) is 12.8. The molecule has 0 aliphatic heterocycles. The van der Waals surface area contributed by atoms with E-state index in [0.717, 1.165) is 5.56 Å². The molecule has 0 unspecified atom stereocenters. The van der Waals surface area contributed by atoms with Crippen LogP contribution in [0.4, 0.5) is 5.69 Å². The van der Waals surface area contributed by atoms with Gasteiger partial charge in [0, 0.05) is 0 Å². The molecule has 0 saturated heterocycles. The molecule has 3 aromatic rings. The van der Waals surface area contributed by atoms with Gasteiger partial charge < -0.3 is 0 Å². The van der Waals surface area contributed by atoms with Crippen molar-refractivity contribution in [3.05, 3.63) is 87.8 Å². The summed E-state index contributed by atoms with van der Waals surface area (Å²) in [6.45, 7) is 0. The van der Waals surface area contributed by atoms with Gasteiger partial charge in [0.2, 0.25) is 0 Å². The second-order valence-corrected chi connectivity index (χ2v) is 5.08. The van der Waals surface area contributed by atoms with Crippen molar-refractivity contribution in [2.75, 3.05) is 5.43 Å². The van der Waals surface area contributed by atoms with Gasteiger partial charge in [-0.25, -0.2) is 0 Å². The summed E-state index contributed by atoms with van der Waals surface area (Å²) < 4.78 is 1.24. The summed E-state index contributed by atoms with van der Waals surface area (Å²) in [5.41, 5.74) is 4.28. The van der Waals surface area contributed by atoms with Crippen LogP contribution in [0.2, 0.25) is 5.02 Å². The average Bonchev–Trinajstić information content (AvgIpc) is 2.60. The van der Waals surface area contributed by atoms with Crippen LogP contribution in [0.25, 0.3) is 5.69 Å². The van der Waals surface area contributed by atoms with Gasteiger partial charge in [-0.05, 0) is 17.7 Å². The Bertz CT molecular complexity index is 876. The van der Waals surface area contributed by atoms with Crippen molar-refractivity contribution in [2.24, 2.45) is 5.10 Å². The number of benzene rings is 2. The number of hydrazone groups is 1. The van der Waals surface area contributed by atoms with Crippen LogP contribution in [0, 0.1) is 0 Å². The SMILES string of the molecule is O=c1c(Cl)c(NN=Cc2ccccc2)cnn1-c1ccccc1. The quantitative estimate of drug-likeness (QED) is 0.591. The highest BCUT2D eigenvalue weighted by atomic mass is 35.5. The number of hydrogen-bond acceptors (Lipinski definition) is 4. The van der Waals surface area contributed by atoms with Crippen molar-refractivity contribution in [1.29, 1.82) is 0 Å². The van der Waals surface area contributed by atoms with Crippen LogP contribution in [0.3, 0.4) is 0 Å². The first kappa shape index (κ1) is 15.0. The number of halogens is 1. The number of nitrogens with zero attached hydrogens (tertiary/aromatic N) is 3. The second-order valence-electron chi connectivity index (χ2n) is 4.71. The Morgan fingerprint density at radius 2 is 1.70 bits per heavy atom. The van der Waals surface area contributed by atoms with Crippen LogP contribution in [0.1, 0.15) is 5.56 Å². The van der Waals surface area contributed by atoms with E-state index in [1.807, 2.05) is 48.5 Å². The van der Waals surface area contributed by atoms with Crippen molar-refractivity contribution in [3.8, 4) is 5.69 Å². The van der Waals surface area contributed by atoms with Crippen molar-refractivity contribution >= 4 is 23.5 Å². The zero-order valence-electron chi connectivity index (χ0n) is 12.1. The predicted octanol–water partition coefficient (Wildman–Crippen LogP) is 3.33. The summed E-state index contributed by atoms with van der Waals surface area (Å²) >= 11 is 6.12. The van der Waals surface area contributed by atoms with Gasteiger partial charge in [0.1, 0.15) is 10.7 Å². The Hall–Kier alpha value is -2.92. The summed E-state index contributed by atoms with van der Waals surface area (Å²) in [5.74, 6) is 0. The topological polar surface area (TPSA) is 59.3 Å². The van der Waals surface area contributed by atoms with E-state index in [9.17, 15) is 4.79 Å². The lowest BCUT2D eigenvalue weighted by molar-refractivity contribution is 0.808. The van der Waals surface area contributed by atoms with Gasteiger partial charge in [-0.15, -0.1) is 0 Å². The molecule has 23 heavy (non-hydrogen) atoms. The molecule has 114 valence electrons. The fourth-order valence-corrected chi connectivity index (χ4v) is 2.15. The normalized spacial score (nSPS) is 10.8. The number of aromatic nitrogens is 2. The van der Waals surface area contributed by atoms with Crippen molar-refractivity contribution < 1.29 is 0 Å². The molecule has 0 aliphatic rings. The minimum absolute atomic E-state index is 0.0362. The summed E-state index contributed by atoms with van der Waals surface area (Å²) in [7, 11) is 0. The third-order valence-electron chi connectivity index (χ3n) is 3.12. The highest BCUT2D eigenvalue weighted by Gasteiger charge is 2.09. The smallest absolute Gasteiger partial charge is 0.275 e. The molecular weight excluding hydrogens is 312 g/mol. The number of nitrogens with one attached hydrogen (secondary N) is 1. The van der Waals surface area contributed by atoms with E-state index in [-0.39, 0.29) is 5.02 Å². The van der Waals surface area contributed by atoms with Gasteiger partial charge in [0.25, 0.3) is 5.56 Å². The minimum Gasteiger partial charge on any atom is -0.275 e. The maximum atomic E-state index is 12.3. The Morgan fingerprint density at radius 3 is 2.39 bits per heavy atom. The van der Waals surface area contributed by atoms with Crippen molar-refractivity contribution in [2.45, 2.75) is 0 Å². The van der Waals surface area contributed by atoms with E-state index in [1.165, 1.54) is 10.9 Å². The third-order valence-corrected chi connectivity index (χ3v) is 3.48. The molecular formula is C17H13ClN4O. The number of rotatable bonds is 4. The molecule has 6 heteroatoms. The van der Waals surface area contributed by atoms with Gasteiger partial charge in [0.15, 0.2) is 0 Å². The Kier molecular flexibility index (Phi) is 4.49. The maximum Gasteiger partial charge on any atom is 0.292 e. The fraction of sp³-hybridized carbons (Fsp3) is 0. The first-order valence-electron chi connectivity index (χ1n) is 6.93. The van der Waals surface area contributed by atoms with E-state index in [2.05, 4.69) is 15.6 Å². The van der Waals surface area contributed by atoms with Gasteiger partial charge in [-0.2, -0.15) is 14.9 Å². The van der Waals surface area contributed by atoms with E-state index < -0.39 is 5.56 Å². The van der Waals surface area contributed by atoms with E-state index >= 15 is 0 Å². The van der Waals surface area contributed by atoms with Crippen LogP contribution in [0.15, 0.2) is 76.8 Å². The van der Waals surface area contributed by atoms with Crippen molar-refractivity contribution in [3.63, 3.8) is 0 Å². The van der Waals surface area contributed by atoms with Gasteiger partial charge in [0.05, 0.1) is 18.1 Å². The molecule has 5 nitrogen and oxygen atoms in total. The van der Waals surface area contributed by atoms with Crippen LogP contribution in [0.5, 0.6) is 0 Å². The molecule has 1 N–H and O–H groups in total. The molecule has 2 aromatic carbocycles. The molecule has 3 rings (SSSR count). The average molecular weight is 325 g/mol. The monoisotopic (exact) mass is 324 g/mol. The van der Waals surface area contributed by atoms with Crippen LogP contribution in [-0.2, 0) is 0 Å². The summed E-state index contributed by atoms with van der Waals surface area (Å²) in [4.78, 5) is 12.3. The number of para-hydroxylation sites is 1. The lowest BCUT2D eigenvalue weighted by Gasteiger charge is -2.07. The summed E-state index contributed by atoms with van der Waals surface area (Å²) in [5, 5.41) is 8.22. The molecule has 1 heterocycles. The Morgan fingerprint density at radius 1 is 1.04 bits per heavy atom. The number of hydrogen-bond donors (Lipinski definition) is 1. The first-order chi connectivity index (χ1) is 11.3. The minimum atomic E-state index is -0.405. The molecule has 0 saturated carbocycles. The van der Waals surface area contributed by atoms with E-state index in [0.29, 0.717) is 11.4 Å². The van der Waals surface area contributed by atoms with Gasteiger partial charge in [-0.1, -0.05) is 60.1 Å². The highest BCUT2D eigenvalue weighted by Crippen LogP contribution is 2.16. The third kappa shape index (κ3) is 3.46. The van der Waals surface area contributed by atoms with Crippen molar-refractivity contribution in [1.82, 2.24) is 9.78 Å². The lowest BCUT2D eigenvalue weighted by atomic mass is 10.2. The summed E-state index contributed by atoms with van der Waals surface area (Å²) in [6.07, 6.45) is 3.11. The van der Waals surface area contributed by atoms with Gasteiger partial charge in [-0.3, -0.25) is 10.2 Å². The highest BCUT2D eigenvalue weighted by molar-refractivity contribution is 6.32. The molecule has 0 atom stereocenters. The zero-order chi connectivity index (χ0) is 16.1. The molecule has 0 bridgehead atoms. The molecule has 0 fully saturated rings. The van der Waals surface area contributed by atoms with E-state index in [4.69, 9.17) is 11.6 Å². The predicted molar refractivity (Wildman–Crippen MR) is 92.5 cm³/mol. The molecule has 0 amide bonds. The van der Waals surface area contributed by atoms with Crippen LogP contribution < -0.4 is 11.0 Å². The Labute approximate surface area is 137 Å². The first-order valence-corrected chi connectivity index (χ1v) is 7.31. The lowest BCUT2D eigenvalue weighted by Crippen LogP contribution is -2.22. The Balaban J connectivity index is 1.84. The van der Waals surface area contributed by atoms with Gasteiger partial charge >= 0.3 is 0 Å². The van der Waals surface area contributed by atoms with Crippen LogP contribution in [-0.4, -0.2) is 16.0 Å². The molecule has 0 radical (unpaired) electrons. The maximum absolute atomic E-state index is 12.3. The fourth-order valence-electron chi connectivity index (χ4n) is 1.98.